The van der Waals surface area contributed by atoms with Crippen LogP contribution in [0.15, 0.2) is 53.6 Å². The maximum Gasteiger partial charge on any atom is 0.291 e. The van der Waals surface area contributed by atoms with Gasteiger partial charge in [0.2, 0.25) is 0 Å². The Morgan fingerprint density at radius 1 is 1.24 bits per heavy atom. The molecule has 104 valence electrons. The van der Waals surface area contributed by atoms with Crippen molar-refractivity contribution in [1.82, 2.24) is 9.80 Å². The van der Waals surface area contributed by atoms with Crippen molar-refractivity contribution in [3.05, 3.63) is 64.8 Å². The molecule has 3 rings (SSSR count). The summed E-state index contributed by atoms with van der Waals surface area (Å²) in [5.41, 5.74) is 3.68. The van der Waals surface area contributed by atoms with Crippen molar-refractivity contribution in [1.29, 1.82) is 0 Å². The molecule has 0 fully saturated rings. The summed E-state index contributed by atoms with van der Waals surface area (Å²) in [5, 5.41) is 5.38. The average molecular weight is 316 g/mol. The van der Waals surface area contributed by atoms with Crippen molar-refractivity contribution < 1.29 is 4.79 Å². The number of nitrogens with one attached hydrogen (secondary N) is 1. The summed E-state index contributed by atoms with van der Waals surface area (Å²) in [6.07, 6.45) is 1.54. The molecular formula is C15H10ClN3OS. The minimum atomic E-state index is -0.328. The molecule has 0 spiro atoms. The number of carbonyl (C=O) groups is 1. The van der Waals surface area contributed by atoms with E-state index in [-0.39, 0.29) is 5.91 Å². The number of halogens is 1. The fourth-order valence-electron chi connectivity index (χ4n) is 1.85. The first-order valence-electron chi connectivity index (χ1n) is 6.17. The average Bonchev–Trinajstić information content (AvgIpc) is 2.91. The number of amides is 1. The number of fused-ring (bicyclic) bond motifs is 1. The van der Waals surface area contributed by atoms with Gasteiger partial charge in [-0.2, -0.15) is 9.47 Å². The molecule has 0 unspecified atom stereocenters. The van der Waals surface area contributed by atoms with Gasteiger partial charge in [-0.15, -0.1) is 0 Å². The van der Waals surface area contributed by atoms with Crippen molar-refractivity contribution in [3.8, 4) is 0 Å². The second-order valence-electron chi connectivity index (χ2n) is 4.28. The number of aromatic nitrogens is 1. The quantitative estimate of drug-likeness (QED) is 0.591. The molecule has 0 saturated carbocycles. The van der Waals surface area contributed by atoms with E-state index < -0.39 is 0 Å². The zero-order valence-electron chi connectivity index (χ0n) is 10.8. The fourth-order valence-corrected chi connectivity index (χ4v) is 2.83. The molecule has 0 aliphatic carbocycles. The summed E-state index contributed by atoms with van der Waals surface area (Å²) in [6.45, 7) is 0. The zero-order chi connectivity index (χ0) is 14.7. The molecule has 0 bridgehead atoms. The van der Waals surface area contributed by atoms with Gasteiger partial charge >= 0.3 is 0 Å². The molecule has 1 aromatic heterocycles. The molecule has 0 atom stereocenters. The van der Waals surface area contributed by atoms with Gasteiger partial charge in [0.05, 0.1) is 10.9 Å². The molecule has 0 saturated heterocycles. The lowest BCUT2D eigenvalue weighted by Gasteiger charge is -1.97. The number of nitrogens with zero attached hydrogens (tertiary/aromatic N) is 2. The first kappa shape index (κ1) is 13.7. The van der Waals surface area contributed by atoms with Crippen LogP contribution in [0.1, 0.15) is 16.1 Å². The van der Waals surface area contributed by atoms with Gasteiger partial charge in [0.15, 0.2) is 5.69 Å². The third-order valence-corrected chi connectivity index (χ3v) is 3.88. The molecule has 1 amide bonds. The standard InChI is InChI=1S/C15H10ClN3OS/c16-11-5-3-4-10(8-11)9-17-18-15(20)14-12-6-1-2-7-13(12)21-19-14/h1-9H,(H,18,20)/b17-9+. The van der Waals surface area contributed by atoms with E-state index in [0.29, 0.717) is 10.7 Å². The van der Waals surface area contributed by atoms with Crippen molar-refractivity contribution >= 4 is 45.3 Å². The van der Waals surface area contributed by atoms with Gasteiger partial charge in [-0.05, 0) is 35.3 Å². The van der Waals surface area contributed by atoms with Gasteiger partial charge in [-0.1, -0.05) is 41.9 Å². The van der Waals surface area contributed by atoms with E-state index in [0.717, 1.165) is 15.6 Å². The highest BCUT2D eigenvalue weighted by atomic mass is 35.5. The van der Waals surface area contributed by atoms with E-state index in [9.17, 15) is 4.79 Å². The minimum Gasteiger partial charge on any atom is -0.265 e. The topological polar surface area (TPSA) is 54.4 Å². The second-order valence-corrected chi connectivity index (χ2v) is 5.52. The van der Waals surface area contributed by atoms with Crippen molar-refractivity contribution in [2.45, 2.75) is 0 Å². The summed E-state index contributed by atoms with van der Waals surface area (Å²) in [7, 11) is 0. The van der Waals surface area contributed by atoms with Crippen molar-refractivity contribution in [3.63, 3.8) is 0 Å². The van der Waals surface area contributed by atoms with E-state index in [1.54, 1.807) is 18.3 Å². The highest BCUT2D eigenvalue weighted by Crippen LogP contribution is 2.21. The first-order valence-corrected chi connectivity index (χ1v) is 7.32. The molecule has 0 aliphatic heterocycles. The molecule has 6 heteroatoms. The Balaban J connectivity index is 1.75. The Kier molecular flexibility index (Phi) is 3.94. The highest BCUT2D eigenvalue weighted by Gasteiger charge is 2.12. The van der Waals surface area contributed by atoms with E-state index in [4.69, 9.17) is 11.6 Å². The molecular weight excluding hydrogens is 306 g/mol. The van der Waals surface area contributed by atoms with E-state index in [1.165, 1.54) is 11.5 Å². The van der Waals surface area contributed by atoms with Gasteiger partial charge < -0.3 is 0 Å². The maximum absolute atomic E-state index is 12.1. The largest absolute Gasteiger partial charge is 0.291 e. The van der Waals surface area contributed by atoms with Crippen LogP contribution >= 0.6 is 23.1 Å². The number of hydrazone groups is 1. The maximum atomic E-state index is 12.1. The van der Waals surface area contributed by atoms with E-state index in [2.05, 4.69) is 14.9 Å². The van der Waals surface area contributed by atoms with Crippen LogP contribution in [0.2, 0.25) is 5.02 Å². The van der Waals surface area contributed by atoms with Crippen LogP contribution in [-0.4, -0.2) is 16.5 Å². The molecule has 1 heterocycles. The molecule has 0 aliphatic rings. The van der Waals surface area contributed by atoms with Crippen LogP contribution in [0.4, 0.5) is 0 Å². The van der Waals surface area contributed by atoms with Gasteiger partial charge in [0.1, 0.15) is 0 Å². The van der Waals surface area contributed by atoms with Gasteiger partial charge in [-0.25, -0.2) is 5.43 Å². The Bertz CT molecular complexity index is 828. The van der Waals surface area contributed by atoms with E-state index >= 15 is 0 Å². The highest BCUT2D eigenvalue weighted by molar-refractivity contribution is 7.13. The predicted molar refractivity (Wildman–Crippen MR) is 86.1 cm³/mol. The molecule has 0 radical (unpaired) electrons. The Labute approximate surface area is 130 Å². The van der Waals surface area contributed by atoms with Gasteiger partial charge in [-0.3, -0.25) is 4.79 Å². The summed E-state index contributed by atoms with van der Waals surface area (Å²) >= 11 is 7.17. The molecule has 3 aromatic rings. The van der Waals surface area contributed by atoms with Crippen LogP contribution in [0.5, 0.6) is 0 Å². The summed E-state index contributed by atoms with van der Waals surface area (Å²) in [6, 6.07) is 14.8. The monoisotopic (exact) mass is 315 g/mol. The molecule has 4 nitrogen and oxygen atoms in total. The van der Waals surface area contributed by atoms with E-state index in [1.807, 2.05) is 36.4 Å². The lowest BCUT2D eigenvalue weighted by Crippen LogP contribution is -2.18. The van der Waals surface area contributed by atoms with Crippen LogP contribution < -0.4 is 5.43 Å². The summed E-state index contributed by atoms with van der Waals surface area (Å²) < 4.78 is 5.14. The lowest BCUT2D eigenvalue weighted by atomic mass is 10.2. The van der Waals surface area contributed by atoms with Crippen LogP contribution in [0.25, 0.3) is 10.1 Å². The SMILES string of the molecule is O=C(N/N=C/c1cccc(Cl)c1)c1nsc2ccccc12. The number of hydrogen-bond donors (Lipinski definition) is 1. The van der Waals surface area contributed by atoms with Crippen LogP contribution in [0, 0.1) is 0 Å². The lowest BCUT2D eigenvalue weighted by molar-refractivity contribution is 0.0953. The molecule has 2 aromatic carbocycles. The number of benzene rings is 2. The van der Waals surface area contributed by atoms with Crippen LogP contribution in [0.3, 0.4) is 0 Å². The third-order valence-electron chi connectivity index (χ3n) is 2.82. The Morgan fingerprint density at radius 3 is 2.95 bits per heavy atom. The van der Waals surface area contributed by atoms with Crippen LogP contribution in [-0.2, 0) is 0 Å². The molecule has 1 N–H and O–H groups in total. The zero-order valence-corrected chi connectivity index (χ0v) is 12.4. The predicted octanol–water partition coefficient (Wildman–Crippen LogP) is 3.71. The summed E-state index contributed by atoms with van der Waals surface area (Å²) in [5.74, 6) is -0.328. The fraction of sp³-hybridized carbons (Fsp3) is 0. The molecule has 21 heavy (non-hydrogen) atoms. The Hall–Kier alpha value is -2.24. The second kappa shape index (κ2) is 6.03. The normalized spacial score (nSPS) is 11.1. The number of hydrogen-bond acceptors (Lipinski definition) is 4. The smallest absolute Gasteiger partial charge is 0.265 e. The van der Waals surface area contributed by atoms with Gasteiger partial charge in [0, 0.05) is 10.4 Å². The Morgan fingerprint density at radius 2 is 2.10 bits per heavy atom. The van der Waals surface area contributed by atoms with Gasteiger partial charge in [0.25, 0.3) is 5.91 Å². The number of rotatable bonds is 3. The minimum absolute atomic E-state index is 0.328. The summed E-state index contributed by atoms with van der Waals surface area (Å²) in [4.78, 5) is 12.1. The van der Waals surface area contributed by atoms with Crippen molar-refractivity contribution in [2.24, 2.45) is 5.10 Å². The first-order chi connectivity index (χ1) is 10.2. The number of carbonyl (C=O) groups excluding carboxylic acids is 1. The van der Waals surface area contributed by atoms with Crippen molar-refractivity contribution in [2.75, 3.05) is 0 Å². The third kappa shape index (κ3) is 3.09.